The molecule has 8 heteroatoms. The lowest BCUT2D eigenvalue weighted by molar-refractivity contribution is -0.157. The first kappa shape index (κ1) is 25.4. The van der Waals surface area contributed by atoms with E-state index in [1.807, 2.05) is 6.92 Å². The lowest BCUT2D eigenvalue weighted by Crippen LogP contribution is -2.56. The van der Waals surface area contributed by atoms with Crippen LogP contribution in [0.2, 0.25) is 0 Å². The van der Waals surface area contributed by atoms with Crippen molar-refractivity contribution >= 4 is 11.8 Å². The van der Waals surface area contributed by atoms with E-state index in [-0.39, 0.29) is 30.1 Å². The van der Waals surface area contributed by atoms with Crippen LogP contribution in [0, 0.1) is 16.7 Å². The van der Waals surface area contributed by atoms with Crippen LogP contribution in [0.25, 0.3) is 0 Å². The van der Waals surface area contributed by atoms with Gasteiger partial charge in [0, 0.05) is 43.0 Å². The van der Waals surface area contributed by atoms with Gasteiger partial charge >= 0.3 is 5.97 Å². The van der Waals surface area contributed by atoms with Gasteiger partial charge in [0.15, 0.2) is 5.76 Å². The lowest BCUT2D eigenvalue weighted by Gasteiger charge is -2.53. The second-order valence-corrected chi connectivity index (χ2v) is 10.4. The van der Waals surface area contributed by atoms with E-state index in [1.165, 1.54) is 7.11 Å². The van der Waals surface area contributed by atoms with Gasteiger partial charge in [0.25, 0.3) is 0 Å². The molecule has 6 atom stereocenters. The minimum Gasteiger partial charge on any atom is -0.504 e. The van der Waals surface area contributed by atoms with Crippen molar-refractivity contribution in [3.8, 4) is 0 Å². The molecule has 3 N–H and O–H groups in total. The predicted molar refractivity (Wildman–Crippen MR) is 129 cm³/mol. The van der Waals surface area contributed by atoms with Gasteiger partial charge in [-0.05, 0) is 37.7 Å². The van der Waals surface area contributed by atoms with Crippen molar-refractivity contribution in [1.29, 1.82) is 0 Å². The van der Waals surface area contributed by atoms with E-state index in [0.717, 1.165) is 0 Å². The van der Waals surface area contributed by atoms with Gasteiger partial charge in [0.2, 0.25) is 5.78 Å². The first-order valence-electron chi connectivity index (χ1n) is 12.0. The molecule has 1 heterocycles. The highest BCUT2D eigenvalue weighted by atomic mass is 16.6. The van der Waals surface area contributed by atoms with E-state index in [1.54, 1.807) is 30.2 Å². The Bertz CT molecular complexity index is 1050. The van der Waals surface area contributed by atoms with Crippen molar-refractivity contribution in [1.82, 2.24) is 4.90 Å². The summed E-state index contributed by atoms with van der Waals surface area (Å²) < 4.78 is 11.2. The van der Waals surface area contributed by atoms with Crippen LogP contribution in [0.15, 0.2) is 59.6 Å². The van der Waals surface area contributed by atoms with E-state index in [4.69, 9.17) is 9.47 Å². The van der Waals surface area contributed by atoms with Crippen LogP contribution in [-0.2, 0) is 19.1 Å². The summed E-state index contributed by atoms with van der Waals surface area (Å²) in [5.74, 6) is -2.14. The Balaban J connectivity index is 1.96. The molecule has 8 nitrogen and oxygen atoms in total. The molecule has 1 unspecified atom stereocenters. The lowest BCUT2D eigenvalue weighted by atomic mass is 9.53. The molecule has 190 valence electrons. The third-order valence-corrected chi connectivity index (χ3v) is 8.41. The van der Waals surface area contributed by atoms with Crippen molar-refractivity contribution in [2.24, 2.45) is 16.7 Å². The Morgan fingerprint density at radius 3 is 2.43 bits per heavy atom. The van der Waals surface area contributed by atoms with Gasteiger partial charge in [0.05, 0.1) is 29.8 Å². The number of rotatable bonds is 7. The minimum atomic E-state index is -1.20. The van der Waals surface area contributed by atoms with Crippen LogP contribution in [-0.4, -0.2) is 77.1 Å². The Labute approximate surface area is 205 Å². The number of fused-ring (bicyclic) bond motifs is 4. The van der Waals surface area contributed by atoms with E-state index >= 15 is 0 Å². The van der Waals surface area contributed by atoms with Crippen molar-refractivity contribution in [3.05, 3.63) is 59.6 Å². The Morgan fingerprint density at radius 1 is 1.17 bits per heavy atom. The van der Waals surface area contributed by atoms with Crippen LogP contribution in [0.1, 0.15) is 33.1 Å². The molecule has 0 spiro atoms. The smallest absolute Gasteiger partial charge is 0.340 e. The second-order valence-electron chi connectivity index (χ2n) is 10.4. The molecule has 4 aliphatic rings. The predicted octanol–water partition coefficient (Wildman–Crippen LogP) is 2.36. The molecule has 2 fully saturated rings. The minimum absolute atomic E-state index is 0.0115. The molecule has 1 saturated heterocycles. The maximum absolute atomic E-state index is 13.7. The molecule has 1 aliphatic heterocycles. The molecule has 0 aromatic carbocycles. The fourth-order valence-corrected chi connectivity index (χ4v) is 6.70. The summed E-state index contributed by atoms with van der Waals surface area (Å²) in [5, 5.41) is 33.6. The zero-order valence-corrected chi connectivity index (χ0v) is 20.6. The highest BCUT2D eigenvalue weighted by molar-refractivity contribution is 6.13. The van der Waals surface area contributed by atoms with Crippen LogP contribution < -0.4 is 0 Å². The van der Waals surface area contributed by atoms with Crippen molar-refractivity contribution in [2.45, 2.75) is 51.4 Å². The number of esters is 1. The number of carbonyl (C=O) groups excluding carboxylic acids is 2. The average Bonchev–Trinajstić information content (AvgIpc) is 3.09. The number of cyclic esters (lactones) is 1. The molecule has 35 heavy (non-hydrogen) atoms. The zero-order valence-electron chi connectivity index (χ0n) is 20.6. The zero-order chi connectivity index (χ0) is 25.7. The Hall–Kier alpha value is -2.68. The number of aliphatic hydroxyl groups is 3. The first-order valence-corrected chi connectivity index (χ1v) is 12.0. The van der Waals surface area contributed by atoms with Gasteiger partial charge in [-0.1, -0.05) is 19.1 Å². The maximum Gasteiger partial charge on any atom is 0.340 e. The third-order valence-electron chi connectivity index (χ3n) is 8.41. The summed E-state index contributed by atoms with van der Waals surface area (Å²) in [4.78, 5) is 28.7. The second kappa shape index (κ2) is 9.08. The van der Waals surface area contributed by atoms with Gasteiger partial charge in [-0.3, -0.25) is 4.79 Å². The number of hydrogen-bond acceptors (Lipinski definition) is 8. The van der Waals surface area contributed by atoms with Crippen LogP contribution in [0.4, 0.5) is 0 Å². The summed E-state index contributed by atoms with van der Waals surface area (Å²) >= 11 is 0. The highest BCUT2D eigenvalue weighted by Crippen LogP contribution is 2.62. The number of aliphatic hydroxyl groups excluding tert-OH is 3. The van der Waals surface area contributed by atoms with Crippen LogP contribution in [0.3, 0.4) is 0 Å². The van der Waals surface area contributed by atoms with Gasteiger partial charge in [-0.25, -0.2) is 4.79 Å². The number of nitrogens with zero attached hydrogens (tertiary/aromatic N) is 1. The summed E-state index contributed by atoms with van der Waals surface area (Å²) in [6.45, 7) is 12.0. The largest absolute Gasteiger partial charge is 0.504 e. The van der Waals surface area contributed by atoms with Gasteiger partial charge in [-0.2, -0.15) is 0 Å². The van der Waals surface area contributed by atoms with Gasteiger partial charge in [0.1, 0.15) is 6.10 Å². The highest BCUT2D eigenvalue weighted by Gasteiger charge is 2.63. The molecule has 4 rings (SSSR count). The summed E-state index contributed by atoms with van der Waals surface area (Å²) in [7, 11) is 1.48. The standard InChI is InChI=1S/C27H35NO7/c1-6-10-28(11-7-2)13-15-21-24(32)23(31)20-16-8-9-18(30)26(16,3)12-17(29)22(20)27(21,4)19(14-34-5)35-25(15)33/h6-7,13,16-19,29-30,32H,1-2,8-12,14H2,3-5H3/b15-13-/t16-,17+,18?,19+,26-,27-/m0/s1. The number of hydrogen-bond donors (Lipinski definition) is 3. The summed E-state index contributed by atoms with van der Waals surface area (Å²) in [6.07, 6.45) is 3.62. The van der Waals surface area contributed by atoms with Crippen LogP contribution >= 0.6 is 0 Å². The molecule has 0 amide bonds. The van der Waals surface area contributed by atoms with E-state index in [9.17, 15) is 24.9 Å². The maximum atomic E-state index is 13.7. The number of allylic oxidation sites excluding steroid dienone is 1. The number of Topliss-reactive ketones (excluding diaryl/α,β-unsaturated/α-hetero) is 1. The molecule has 0 aromatic heterocycles. The monoisotopic (exact) mass is 485 g/mol. The topological polar surface area (TPSA) is 117 Å². The van der Waals surface area contributed by atoms with Crippen LogP contribution in [0.5, 0.6) is 0 Å². The number of ketones is 1. The van der Waals surface area contributed by atoms with Crippen molar-refractivity contribution in [2.75, 3.05) is 26.8 Å². The summed E-state index contributed by atoms with van der Waals surface area (Å²) in [5.41, 5.74) is -0.920. The van der Waals surface area contributed by atoms with E-state index in [0.29, 0.717) is 37.1 Å². The Morgan fingerprint density at radius 2 is 1.83 bits per heavy atom. The number of methoxy groups -OCH3 is 1. The number of ether oxygens (including phenoxy) is 2. The molecule has 3 aliphatic carbocycles. The number of carbonyl (C=O) groups is 2. The molecular weight excluding hydrogens is 450 g/mol. The molecule has 0 bridgehead atoms. The molecule has 0 radical (unpaired) electrons. The fourth-order valence-electron chi connectivity index (χ4n) is 6.70. The molecular formula is C27H35NO7. The van der Waals surface area contributed by atoms with Gasteiger partial charge in [-0.15, -0.1) is 13.2 Å². The Kier molecular flexibility index (Phi) is 6.59. The quantitative estimate of drug-likeness (QED) is 0.286. The summed E-state index contributed by atoms with van der Waals surface area (Å²) in [6, 6.07) is 0. The van der Waals surface area contributed by atoms with Crippen molar-refractivity contribution < 1.29 is 34.4 Å². The first-order chi connectivity index (χ1) is 16.6. The van der Waals surface area contributed by atoms with E-state index < -0.39 is 46.7 Å². The molecule has 1 saturated carbocycles. The normalized spacial score (nSPS) is 37.6. The SMILES string of the molecule is C=CCN(/C=C1\C(=O)O[C@H](COC)[C@@]2(C)C1=C(O)C(=O)C1=C2[C@H](O)C[C@]2(C)C(O)CC[C@@H]12)CC=C. The van der Waals surface area contributed by atoms with E-state index in [2.05, 4.69) is 13.2 Å². The van der Waals surface area contributed by atoms with Crippen molar-refractivity contribution in [3.63, 3.8) is 0 Å². The fraction of sp³-hybridized carbons (Fsp3) is 0.556. The van der Waals surface area contributed by atoms with Gasteiger partial charge < -0.3 is 29.7 Å². The average molecular weight is 486 g/mol. The third kappa shape index (κ3) is 3.61. The molecule has 0 aromatic rings.